The van der Waals surface area contributed by atoms with Crippen LogP contribution in [-0.2, 0) is 26.2 Å². The van der Waals surface area contributed by atoms with Gasteiger partial charge in [0.15, 0.2) is 0 Å². The molecule has 0 radical (unpaired) electrons. The van der Waals surface area contributed by atoms with Gasteiger partial charge in [0.05, 0.1) is 18.6 Å². The van der Waals surface area contributed by atoms with E-state index >= 15 is 0 Å². The van der Waals surface area contributed by atoms with Gasteiger partial charge in [-0.25, -0.2) is 8.42 Å². The van der Waals surface area contributed by atoms with Crippen molar-refractivity contribution in [1.29, 1.82) is 0 Å². The summed E-state index contributed by atoms with van der Waals surface area (Å²) in [6, 6.07) is 12.8. The first-order valence-electron chi connectivity index (χ1n) is 15.3. The molecule has 1 atom stereocenters. The second-order valence-electron chi connectivity index (χ2n) is 11.8. The number of benzene rings is 2. The molecule has 0 spiro atoms. The molecule has 2 aliphatic rings. The largest absolute Gasteiger partial charge is 0.497 e. The number of carbonyl (C=O) groups is 2. The standard InChI is InChI=1S/C18H27N3O.C15H23NO4S/c1-15(22)19(2)13-16-5-7-17(8-6-16)21-12-9-18(14-21)20-10-3-4-11-20;1-6-7-13(17)10-16(4)21(18,19)15-11(2)8-14(20-5)9-12(15)3/h5-8,18H,3-4,9-14H2,1-2H3;8-9H,6-7,10H2,1-5H3. The summed E-state index contributed by atoms with van der Waals surface area (Å²) in [4.78, 5) is 30.1. The van der Waals surface area contributed by atoms with Crippen molar-refractivity contribution in [2.45, 2.75) is 77.3 Å². The molecule has 0 N–H and O–H groups in total. The normalized spacial score (nSPS) is 17.1. The zero-order valence-corrected chi connectivity index (χ0v) is 27.9. The lowest BCUT2D eigenvalue weighted by Crippen LogP contribution is -2.35. The van der Waals surface area contributed by atoms with E-state index < -0.39 is 10.0 Å². The number of likely N-dealkylation sites (N-methyl/N-ethyl adjacent to an activating group) is 1. The van der Waals surface area contributed by atoms with Gasteiger partial charge in [-0.3, -0.25) is 14.5 Å². The lowest BCUT2D eigenvalue weighted by molar-refractivity contribution is -0.128. The van der Waals surface area contributed by atoms with E-state index in [-0.39, 0.29) is 23.1 Å². The summed E-state index contributed by atoms with van der Waals surface area (Å²) in [7, 11) is 1.14. The minimum Gasteiger partial charge on any atom is -0.497 e. The summed E-state index contributed by atoms with van der Waals surface area (Å²) in [5.74, 6) is 0.651. The molecule has 2 saturated heterocycles. The summed E-state index contributed by atoms with van der Waals surface area (Å²) < 4.78 is 31.5. The maximum Gasteiger partial charge on any atom is 0.243 e. The molecule has 43 heavy (non-hydrogen) atoms. The van der Waals surface area contributed by atoms with Gasteiger partial charge in [-0.2, -0.15) is 4.31 Å². The van der Waals surface area contributed by atoms with Crippen LogP contribution in [0.15, 0.2) is 41.3 Å². The molecule has 9 nitrogen and oxygen atoms in total. The molecular weight excluding hydrogens is 564 g/mol. The van der Waals surface area contributed by atoms with Crippen LogP contribution < -0.4 is 9.64 Å². The number of hydrogen-bond acceptors (Lipinski definition) is 7. The van der Waals surface area contributed by atoms with Crippen LogP contribution in [0.5, 0.6) is 5.75 Å². The third-order valence-electron chi connectivity index (χ3n) is 8.34. The zero-order valence-electron chi connectivity index (χ0n) is 27.1. The Bertz CT molecular complexity index is 1320. The van der Waals surface area contributed by atoms with Crippen LogP contribution in [0.25, 0.3) is 0 Å². The fourth-order valence-electron chi connectivity index (χ4n) is 5.86. The second kappa shape index (κ2) is 15.7. The minimum atomic E-state index is -3.68. The van der Waals surface area contributed by atoms with Crippen LogP contribution in [0.3, 0.4) is 0 Å². The number of hydrogen-bond donors (Lipinski definition) is 0. The number of methoxy groups -OCH3 is 1. The Morgan fingerprint density at radius 1 is 1.00 bits per heavy atom. The van der Waals surface area contributed by atoms with Gasteiger partial charge in [0.1, 0.15) is 11.5 Å². The number of rotatable bonds is 11. The first-order chi connectivity index (χ1) is 20.4. The van der Waals surface area contributed by atoms with Crippen molar-refractivity contribution in [2.75, 3.05) is 58.8 Å². The topological polar surface area (TPSA) is 90.5 Å². The maximum absolute atomic E-state index is 12.6. The molecule has 0 bridgehead atoms. The van der Waals surface area contributed by atoms with Crippen LogP contribution >= 0.6 is 0 Å². The van der Waals surface area contributed by atoms with E-state index in [4.69, 9.17) is 4.74 Å². The molecule has 0 aromatic heterocycles. The van der Waals surface area contributed by atoms with E-state index in [9.17, 15) is 18.0 Å². The predicted molar refractivity (Wildman–Crippen MR) is 172 cm³/mol. The first-order valence-corrected chi connectivity index (χ1v) is 16.7. The van der Waals surface area contributed by atoms with Crippen LogP contribution in [-0.4, -0.2) is 94.2 Å². The summed E-state index contributed by atoms with van der Waals surface area (Å²) in [6.45, 7) is 12.4. The van der Waals surface area contributed by atoms with E-state index in [1.165, 1.54) is 57.8 Å². The smallest absolute Gasteiger partial charge is 0.243 e. The van der Waals surface area contributed by atoms with E-state index in [2.05, 4.69) is 34.1 Å². The molecular formula is C33H50N4O5S. The minimum absolute atomic E-state index is 0.0765. The number of nitrogens with zero attached hydrogens (tertiary/aromatic N) is 4. The number of amides is 1. The van der Waals surface area contributed by atoms with E-state index in [0.717, 1.165) is 23.4 Å². The Labute approximate surface area is 258 Å². The predicted octanol–water partition coefficient (Wildman–Crippen LogP) is 4.64. The molecule has 1 amide bonds. The van der Waals surface area contributed by atoms with Crippen molar-refractivity contribution in [3.8, 4) is 5.75 Å². The average Bonchev–Trinajstić information content (AvgIpc) is 3.66. The van der Waals surface area contributed by atoms with Crippen molar-refractivity contribution in [3.05, 3.63) is 53.1 Å². The van der Waals surface area contributed by atoms with Crippen LogP contribution in [0.1, 0.15) is 62.6 Å². The molecule has 10 heteroatoms. The number of likely N-dealkylation sites (tertiary alicyclic amines) is 1. The van der Waals surface area contributed by atoms with Gasteiger partial charge in [0, 0.05) is 58.8 Å². The van der Waals surface area contributed by atoms with Crippen molar-refractivity contribution >= 4 is 27.4 Å². The molecule has 0 aliphatic carbocycles. The Morgan fingerprint density at radius 3 is 2.14 bits per heavy atom. The number of anilines is 1. The quantitative estimate of drug-likeness (QED) is 0.364. The molecule has 2 aromatic carbocycles. The van der Waals surface area contributed by atoms with Crippen molar-refractivity contribution in [2.24, 2.45) is 0 Å². The number of Topliss-reactive ketones (excluding diaryl/α,β-unsaturated/α-hetero) is 1. The first kappa shape index (κ1) is 34.5. The highest BCUT2D eigenvalue weighted by Gasteiger charge is 2.29. The van der Waals surface area contributed by atoms with Gasteiger partial charge in [0.2, 0.25) is 15.9 Å². The molecule has 1 unspecified atom stereocenters. The summed E-state index contributed by atoms with van der Waals surface area (Å²) >= 11 is 0. The van der Waals surface area contributed by atoms with Gasteiger partial charge in [-0.15, -0.1) is 0 Å². The molecule has 2 aromatic rings. The van der Waals surface area contributed by atoms with Gasteiger partial charge >= 0.3 is 0 Å². The van der Waals surface area contributed by atoms with Gasteiger partial charge in [0.25, 0.3) is 0 Å². The highest BCUT2D eigenvalue weighted by Crippen LogP contribution is 2.28. The number of ketones is 1. The average molecular weight is 615 g/mol. The van der Waals surface area contributed by atoms with E-state index in [1.807, 2.05) is 14.0 Å². The van der Waals surface area contributed by atoms with Crippen LogP contribution in [0, 0.1) is 13.8 Å². The molecule has 2 heterocycles. The lowest BCUT2D eigenvalue weighted by atomic mass is 10.1. The summed E-state index contributed by atoms with van der Waals surface area (Å²) in [6.07, 6.45) is 5.13. The Kier molecular flexibility index (Phi) is 12.6. The van der Waals surface area contributed by atoms with Crippen LogP contribution in [0.2, 0.25) is 0 Å². The molecule has 4 rings (SSSR count). The zero-order chi connectivity index (χ0) is 31.7. The lowest BCUT2D eigenvalue weighted by Gasteiger charge is -2.24. The fraction of sp³-hybridized carbons (Fsp3) is 0.576. The number of carbonyl (C=O) groups excluding carboxylic acids is 2. The summed E-state index contributed by atoms with van der Waals surface area (Å²) in [5.41, 5.74) is 3.73. The SMILES string of the molecule is CC(=O)N(C)Cc1ccc(N2CCC(N3CCCC3)C2)cc1.CCCC(=O)CN(C)S(=O)(=O)c1c(C)cc(OC)cc1C. The Morgan fingerprint density at radius 2 is 1.60 bits per heavy atom. The van der Waals surface area contributed by atoms with Crippen molar-refractivity contribution in [3.63, 3.8) is 0 Å². The molecule has 0 saturated carbocycles. The molecule has 238 valence electrons. The summed E-state index contributed by atoms with van der Waals surface area (Å²) in [5, 5.41) is 0. The molecule has 2 fully saturated rings. The second-order valence-corrected chi connectivity index (χ2v) is 13.8. The van der Waals surface area contributed by atoms with E-state index in [0.29, 0.717) is 36.3 Å². The Hall–Kier alpha value is -2.95. The monoisotopic (exact) mass is 614 g/mol. The third kappa shape index (κ3) is 9.27. The maximum atomic E-state index is 12.6. The van der Waals surface area contributed by atoms with E-state index in [1.54, 1.807) is 37.8 Å². The number of ether oxygens (including phenoxy) is 1. The van der Waals surface area contributed by atoms with Crippen LogP contribution in [0.4, 0.5) is 5.69 Å². The third-order valence-corrected chi connectivity index (χ3v) is 10.5. The highest BCUT2D eigenvalue weighted by molar-refractivity contribution is 7.89. The highest BCUT2D eigenvalue weighted by atomic mass is 32.2. The molecule has 2 aliphatic heterocycles. The van der Waals surface area contributed by atoms with Gasteiger partial charge in [-0.1, -0.05) is 19.1 Å². The fourth-order valence-corrected chi connectivity index (χ4v) is 7.42. The van der Waals surface area contributed by atoms with Crippen molar-refractivity contribution < 1.29 is 22.7 Å². The number of aryl methyl sites for hydroxylation is 2. The number of sulfonamides is 1. The Balaban J connectivity index is 0.000000236. The van der Waals surface area contributed by atoms with Gasteiger partial charge < -0.3 is 14.5 Å². The van der Waals surface area contributed by atoms with Gasteiger partial charge in [-0.05, 0) is 93.6 Å². The van der Waals surface area contributed by atoms with Crippen molar-refractivity contribution in [1.82, 2.24) is 14.1 Å².